The van der Waals surface area contributed by atoms with Gasteiger partial charge in [0.25, 0.3) is 0 Å². The standard InChI is InChI=1S/C7H16Cl2O2Si/c1-4-7(8)12(9,10-5-2)11-6-3/h7H,4-6H2,1-3H3. The minimum absolute atomic E-state index is 0.181. The van der Waals surface area contributed by atoms with Crippen LogP contribution < -0.4 is 0 Å². The summed E-state index contributed by atoms with van der Waals surface area (Å²) >= 11 is 12.2. The lowest BCUT2D eigenvalue weighted by atomic mass is 10.6. The summed E-state index contributed by atoms with van der Waals surface area (Å²) in [4.78, 5) is 0. The van der Waals surface area contributed by atoms with Gasteiger partial charge < -0.3 is 8.85 Å². The molecule has 0 spiro atoms. The molecular weight excluding hydrogens is 215 g/mol. The van der Waals surface area contributed by atoms with E-state index in [0.29, 0.717) is 13.2 Å². The third-order valence-electron chi connectivity index (χ3n) is 1.41. The molecule has 0 amide bonds. The molecule has 0 aromatic carbocycles. The van der Waals surface area contributed by atoms with Crippen LogP contribution in [0.5, 0.6) is 0 Å². The van der Waals surface area contributed by atoms with Crippen LogP contribution >= 0.6 is 22.7 Å². The molecule has 0 aliphatic rings. The second-order valence-corrected chi connectivity index (χ2v) is 7.24. The molecule has 0 saturated carbocycles. The fourth-order valence-corrected chi connectivity index (χ4v) is 4.08. The van der Waals surface area contributed by atoms with Crippen molar-refractivity contribution in [1.29, 1.82) is 0 Å². The predicted molar refractivity (Wildman–Crippen MR) is 54.8 cm³/mol. The molecular formula is C7H16Cl2O2Si. The topological polar surface area (TPSA) is 18.5 Å². The number of halogens is 2. The van der Waals surface area contributed by atoms with Gasteiger partial charge in [-0.05, 0) is 20.3 Å². The van der Waals surface area contributed by atoms with E-state index in [0.717, 1.165) is 6.42 Å². The summed E-state index contributed by atoms with van der Waals surface area (Å²) in [7, 11) is -2.62. The molecule has 1 unspecified atom stereocenters. The molecule has 74 valence electrons. The third-order valence-corrected chi connectivity index (χ3v) is 6.89. The smallest absolute Gasteiger partial charge is 0.382 e. The Hall–Kier alpha value is 0.717. The van der Waals surface area contributed by atoms with E-state index in [1.807, 2.05) is 20.8 Å². The summed E-state index contributed by atoms with van der Waals surface area (Å²) < 4.78 is 10.7. The zero-order valence-corrected chi connectivity index (χ0v) is 10.3. The van der Waals surface area contributed by atoms with Crippen LogP contribution in [0.2, 0.25) is 0 Å². The van der Waals surface area contributed by atoms with Crippen LogP contribution in [0.4, 0.5) is 0 Å². The summed E-state index contributed by atoms with van der Waals surface area (Å²) in [6.07, 6.45) is 0.775. The molecule has 0 fully saturated rings. The van der Waals surface area contributed by atoms with Gasteiger partial charge >= 0.3 is 7.87 Å². The van der Waals surface area contributed by atoms with Gasteiger partial charge in [-0.2, -0.15) is 0 Å². The second kappa shape index (κ2) is 6.21. The van der Waals surface area contributed by atoms with Gasteiger partial charge in [-0.15, -0.1) is 11.6 Å². The second-order valence-electron chi connectivity index (χ2n) is 2.32. The Kier molecular flexibility index (Phi) is 6.58. The van der Waals surface area contributed by atoms with E-state index in [1.165, 1.54) is 0 Å². The fraction of sp³-hybridized carbons (Fsp3) is 1.00. The van der Waals surface area contributed by atoms with E-state index in [1.54, 1.807) is 0 Å². The van der Waals surface area contributed by atoms with Crippen LogP contribution in [-0.2, 0) is 8.85 Å². The minimum atomic E-state index is -2.62. The molecule has 0 heterocycles. The highest BCUT2D eigenvalue weighted by molar-refractivity contribution is 7.16. The summed E-state index contributed by atoms with van der Waals surface area (Å²) in [5, 5.41) is -0.181. The first-order chi connectivity index (χ1) is 5.60. The highest BCUT2D eigenvalue weighted by Crippen LogP contribution is 2.24. The van der Waals surface area contributed by atoms with Crippen LogP contribution in [-0.4, -0.2) is 26.1 Å². The Morgan fingerprint density at radius 3 is 1.83 bits per heavy atom. The predicted octanol–water partition coefficient (Wildman–Crippen LogP) is 2.79. The van der Waals surface area contributed by atoms with Crippen molar-refractivity contribution in [1.82, 2.24) is 0 Å². The molecule has 0 aromatic rings. The lowest BCUT2D eigenvalue weighted by molar-refractivity contribution is 0.200. The Morgan fingerprint density at radius 2 is 1.58 bits per heavy atom. The molecule has 12 heavy (non-hydrogen) atoms. The molecule has 2 nitrogen and oxygen atoms in total. The van der Waals surface area contributed by atoms with Crippen molar-refractivity contribution in [3.63, 3.8) is 0 Å². The first-order valence-electron chi connectivity index (χ1n) is 4.21. The monoisotopic (exact) mass is 230 g/mol. The molecule has 0 rings (SSSR count). The van der Waals surface area contributed by atoms with Crippen LogP contribution in [0, 0.1) is 0 Å². The van der Waals surface area contributed by atoms with Gasteiger partial charge in [-0.1, -0.05) is 18.0 Å². The third kappa shape index (κ3) is 3.62. The van der Waals surface area contributed by atoms with Gasteiger partial charge in [0.15, 0.2) is 0 Å². The van der Waals surface area contributed by atoms with Crippen molar-refractivity contribution >= 4 is 30.6 Å². The summed E-state index contributed by atoms with van der Waals surface area (Å²) in [5.74, 6) is 0. The van der Waals surface area contributed by atoms with Gasteiger partial charge in [-0.3, -0.25) is 0 Å². The number of alkyl halides is 1. The molecule has 1 atom stereocenters. The van der Waals surface area contributed by atoms with E-state index in [2.05, 4.69) is 0 Å². The maximum Gasteiger partial charge on any atom is 0.461 e. The highest BCUT2D eigenvalue weighted by Gasteiger charge is 2.42. The van der Waals surface area contributed by atoms with Gasteiger partial charge in [0, 0.05) is 13.2 Å². The Morgan fingerprint density at radius 1 is 1.17 bits per heavy atom. The quantitative estimate of drug-likeness (QED) is 0.397. The SMILES string of the molecule is CCO[Si](Cl)(OCC)C(Cl)CC. The van der Waals surface area contributed by atoms with Crippen molar-refractivity contribution in [2.24, 2.45) is 0 Å². The summed E-state index contributed by atoms with van der Waals surface area (Å²) in [6, 6.07) is 0. The Balaban J connectivity index is 4.15. The Labute approximate surface area is 85.1 Å². The maximum absolute atomic E-state index is 6.15. The fourth-order valence-electron chi connectivity index (χ4n) is 0.860. The van der Waals surface area contributed by atoms with E-state index in [-0.39, 0.29) is 5.00 Å². The summed E-state index contributed by atoms with van der Waals surface area (Å²) in [6.45, 7) is 6.86. The van der Waals surface area contributed by atoms with Gasteiger partial charge in [0.05, 0.1) is 5.00 Å². The zero-order chi connectivity index (χ0) is 9.61. The Bertz CT molecular complexity index is 118. The van der Waals surface area contributed by atoms with E-state index < -0.39 is 7.87 Å². The number of rotatable bonds is 6. The molecule has 0 radical (unpaired) electrons. The zero-order valence-electron chi connectivity index (χ0n) is 7.77. The minimum Gasteiger partial charge on any atom is -0.382 e. The van der Waals surface area contributed by atoms with Crippen LogP contribution in [0.3, 0.4) is 0 Å². The van der Waals surface area contributed by atoms with E-state index >= 15 is 0 Å². The van der Waals surface area contributed by atoms with Crippen molar-refractivity contribution in [2.75, 3.05) is 13.2 Å². The first-order valence-corrected chi connectivity index (χ1v) is 7.55. The normalized spacial score (nSPS) is 14.8. The lowest BCUT2D eigenvalue weighted by Crippen LogP contribution is -2.45. The molecule has 0 N–H and O–H groups in total. The van der Waals surface area contributed by atoms with Gasteiger partial charge in [0.1, 0.15) is 0 Å². The first kappa shape index (κ1) is 12.7. The van der Waals surface area contributed by atoms with Crippen molar-refractivity contribution in [3.8, 4) is 0 Å². The molecule has 0 aliphatic heterocycles. The lowest BCUT2D eigenvalue weighted by Gasteiger charge is -2.26. The average molecular weight is 231 g/mol. The highest BCUT2D eigenvalue weighted by atomic mass is 35.6. The largest absolute Gasteiger partial charge is 0.461 e. The molecule has 0 saturated heterocycles. The van der Waals surface area contributed by atoms with Crippen LogP contribution in [0.25, 0.3) is 0 Å². The van der Waals surface area contributed by atoms with Crippen molar-refractivity contribution < 1.29 is 8.85 Å². The van der Waals surface area contributed by atoms with Crippen LogP contribution in [0.1, 0.15) is 27.2 Å². The van der Waals surface area contributed by atoms with Crippen molar-refractivity contribution in [2.45, 2.75) is 32.2 Å². The number of hydrogen-bond donors (Lipinski definition) is 0. The number of hydrogen-bond acceptors (Lipinski definition) is 2. The van der Waals surface area contributed by atoms with Crippen molar-refractivity contribution in [3.05, 3.63) is 0 Å². The maximum atomic E-state index is 6.15. The average Bonchev–Trinajstić information content (AvgIpc) is 2.04. The van der Waals surface area contributed by atoms with E-state index in [4.69, 9.17) is 31.5 Å². The van der Waals surface area contributed by atoms with Gasteiger partial charge in [0.2, 0.25) is 0 Å². The van der Waals surface area contributed by atoms with Gasteiger partial charge in [-0.25, -0.2) is 0 Å². The molecule has 5 heteroatoms. The molecule has 0 aliphatic carbocycles. The molecule has 0 aromatic heterocycles. The van der Waals surface area contributed by atoms with E-state index in [9.17, 15) is 0 Å². The van der Waals surface area contributed by atoms with Crippen LogP contribution in [0.15, 0.2) is 0 Å². The summed E-state index contributed by atoms with van der Waals surface area (Å²) in [5.41, 5.74) is 0. The molecule has 0 bridgehead atoms.